The lowest BCUT2D eigenvalue weighted by Gasteiger charge is -2.17. The number of benzene rings is 2. The summed E-state index contributed by atoms with van der Waals surface area (Å²) in [6.07, 6.45) is -1.06. The van der Waals surface area contributed by atoms with Crippen molar-refractivity contribution in [3.63, 3.8) is 0 Å². The second kappa shape index (κ2) is 9.09. The number of amides is 1. The first-order valence-corrected chi connectivity index (χ1v) is 8.62. The van der Waals surface area contributed by atoms with Crippen molar-refractivity contribution in [2.75, 3.05) is 0 Å². The zero-order chi connectivity index (χ0) is 20.8. The Hall–Kier alpha value is -3.26. The molecule has 0 aliphatic carbocycles. The monoisotopic (exact) mass is 404 g/mol. The molecule has 0 spiro atoms. The van der Waals surface area contributed by atoms with Gasteiger partial charge in [-0.25, -0.2) is 4.79 Å². The highest BCUT2D eigenvalue weighted by Gasteiger charge is 2.24. The third kappa shape index (κ3) is 5.37. The molecule has 0 aliphatic rings. The van der Waals surface area contributed by atoms with E-state index in [2.05, 4.69) is 5.32 Å². The molecule has 0 saturated heterocycles. The number of carbonyl (C=O) groups excluding carboxylic acids is 3. The van der Waals surface area contributed by atoms with E-state index in [1.54, 1.807) is 12.1 Å². The molecule has 2 aromatic carbocycles. The number of rotatable bonds is 7. The van der Waals surface area contributed by atoms with Gasteiger partial charge in [0.1, 0.15) is 6.04 Å². The smallest absolute Gasteiger partial charge is 0.329 e. The van der Waals surface area contributed by atoms with Crippen molar-refractivity contribution >= 4 is 34.9 Å². The minimum absolute atomic E-state index is 0.0270. The number of nitrogens with zero attached hydrogens (tertiary/aromatic N) is 1. The van der Waals surface area contributed by atoms with Gasteiger partial charge >= 0.3 is 5.97 Å². The van der Waals surface area contributed by atoms with Crippen LogP contribution in [0.3, 0.4) is 0 Å². The Morgan fingerprint density at radius 1 is 1.07 bits per heavy atom. The number of nitro benzene ring substituents is 1. The normalized spacial score (nSPS) is 12.5. The zero-order valence-corrected chi connectivity index (χ0v) is 15.8. The number of ether oxygens (including phenoxy) is 1. The van der Waals surface area contributed by atoms with Crippen LogP contribution in [0.4, 0.5) is 5.69 Å². The highest BCUT2D eigenvalue weighted by atomic mass is 35.5. The number of hydrogen-bond donors (Lipinski definition) is 1. The standard InChI is InChI=1S/C19H17ClN2O6/c1-11(21-18(24)14-4-3-5-16(10-14)22(26)27)19(25)28-12(2)17(23)13-6-8-15(20)9-7-13/h3-12H,1-2H3,(H,21,24)/t11-,12?/m0/s1. The molecule has 0 radical (unpaired) electrons. The Morgan fingerprint density at radius 2 is 1.71 bits per heavy atom. The fraction of sp³-hybridized carbons (Fsp3) is 0.211. The third-order valence-corrected chi connectivity index (χ3v) is 4.06. The lowest BCUT2D eigenvalue weighted by atomic mass is 10.1. The van der Waals surface area contributed by atoms with Crippen LogP contribution in [0.15, 0.2) is 48.5 Å². The van der Waals surface area contributed by atoms with Crippen LogP contribution < -0.4 is 5.32 Å². The summed E-state index contributed by atoms with van der Waals surface area (Å²) in [5.74, 6) is -1.90. The van der Waals surface area contributed by atoms with Gasteiger partial charge in [-0.3, -0.25) is 19.7 Å². The predicted molar refractivity (Wildman–Crippen MR) is 101 cm³/mol. The molecule has 1 N–H and O–H groups in total. The molecular weight excluding hydrogens is 388 g/mol. The van der Waals surface area contributed by atoms with E-state index in [1.165, 1.54) is 44.2 Å². The van der Waals surface area contributed by atoms with Crippen LogP contribution in [0.5, 0.6) is 0 Å². The molecule has 146 valence electrons. The summed E-state index contributed by atoms with van der Waals surface area (Å²) in [5, 5.41) is 13.6. The van der Waals surface area contributed by atoms with Crippen LogP contribution in [0.1, 0.15) is 34.6 Å². The number of nitrogens with one attached hydrogen (secondary N) is 1. The first kappa shape index (κ1) is 21.0. The van der Waals surface area contributed by atoms with Crippen LogP contribution in [0, 0.1) is 10.1 Å². The fourth-order valence-electron chi connectivity index (χ4n) is 2.28. The molecule has 0 aliphatic heterocycles. The molecule has 1 amide bonds. The topological polar surface area (TPSA) is 116 Å². The van der Waals surface area contributed by atoms with Crippen molar-refractivity contribution in [2.45, 2.75) is 26.0 Å². The average Bonchev–Trinajstić information content (AvgIpc) is 2.67. The SMILES string of the molecule is CC(OC(=O)[C@H](C)NC(=O)c1cccc([N+](=O)[O-])c1)C(=O)c1ccc(Cl)cc1. The highest BCUT2D eigenvalue weighted by molar-refractivity contribution is 6.30. The Bertz CT molecular complexity index is 913. The van der Waals surface area contributed by atoms with Gasteiger partial charge in [-0.1, -0.05) is 17.7 Å². The number of carbonyl (C=O) groups is 3. The Kier molecular flexibility index (Phi) is 6.84. The quantitative estimate of drug-likeness (QED) is 0.328. The van der Waals surface area contributed by atoms with E-state index in [9.17, 15) is 24.5 Å². The summed E-state index contributed by atoms with van der Waals surface area (Å²) < 4.78 is 5.11. The van der Waals surface area contributed by atoms with Crippen molar-refractivity contribution < 1.29 is 24.0 Å². The second-order valence-corrected chi connectivity index (χ2v) is 6.39. The van der Waals surface area contributed by atoms with E-state index >= 15 is 0 Å². The van der Waals surface area contributed by atoms with Crippen LogP contribution in [-0.4, -0.2) is 34.7 Å². The summed E-state index contributed by atoms with van der Waals surface area (Å²) in [6, 6.07) is 10.2. The summed E-state index contributed by atoms with van der Waals surface area (Å²) in [7, 11) is 0. The number of non-ortho nitro benzene ring substituents is 1. The predicted octanol–water partition coefficient (Wildman–Crippen LogP) is 3.18. The number of nitro groups is 1. The molecular formula is C19H17ClN2O6. The van der Waals surface area contributed by atoms with Crippen LogP contribution >= 0.6 is 11.6 Å². The molecule has 2 atom stereocenters. The van der Waals surface area contributed by atoms with Gasteiger partial charge in [0.15, 0.2) is 6.10 Å². The number of Topliss-reactive ketones (excluding diaryl/α,β-unsaturated/α-hetero) is 1. The van der Waals surface area contributed by atoms with Gasteiger partial charge in [0, 0.05) is 28.3 Å². The molecule has 0 aromatic heterocycles. The number of halogens is 1. The van der Waals surface area contributed by atoms with Gasteiger partial charge in [-0.2, -0.15) is 0 Å². The Morgan fingerprint density at radius 3 is 2.32 bits per heavy atom. The average molecular weight is 405 g/mol. The van der Waals surface area contributed by atoms with Crippen molar-refractivity contribution in [3.05, 3.63) is 74.8 Å². The van der Waals surface area contributed by atoms with E-state index in [4.69, 9.17) is 16.3 Å². The summed E-state index contributed by atoms with van der Waals surface area (Å²) >= 11 is 5.77. The molecule has 0 heterocycles. The van der Waals surface area contributed by atoms with Crippen LogP contribution in [-0.2, 0) is 9.53 Å². The summed E-state index contributed by atoms with van der Waals surface area (Å²) in [4.78, 5) is 46.8. The molecule has 0 bridgehead atoms. The van der Waals surface area contributed by atoms with Crippen LogP contribution in [0.25, 0.3) is 0 Å². The lowest BCUT2D eigenvalue weighted by Crippen LogP contribution is -2.41. The maximum absolute atomic E-state index is 12.3. The summed E-state index contributed by atoms with van der Waals surface area (Å²) in [6.45, 7) is 2.81. The third-order valence-electron chi connectivity index (χ3n) is 3.81. The Balaban J connectivity index is 1.97. The van der Waals surface area contributed by atoms with Crippen molar-refractivity contribution in [3.8, 4) is 0 Å². The maximum atomic E-state index is 12.3. The van der Waals surface area contributed by atoms with Gasteiger partial charge < -0.3 is 10.1 Å². The molecule has 28 heavy (non-hydrogen) atoms. The fourth-order valence-corrected chi connectivity index (χ4v) is 2.40. The first-order valence-electron chi connectivity index (χ1n) is 8.24. The number of ketones is 1. The van der Waals surface area contributed by atoms with Crippen molar-refractivity contribution in [1.29, 1.82) is 0 Å². The first-order chi connectivity index (χ1) is 13.2. The van der Waals surface area contributed by atoms with Gasteiger partial charge in [-0.05, 0) is 44.2 Å². The Labute approximate surface area is 165 Å². The van der Waals surface area contributed by atoms with Crippen LogP contribution in [0.2, 0.25) is 5.02 Å². The summed E-state index contributed by atoms with van der Waals surface area (Å²) in [5.41, 5.74) is 0.113. The van der Waals surface area contributed by atoms with E-state index in [-0.39, 0.29) is 11.3 Å². The number of hydrogen-bond acceptors (Lipinski definition) is 6. The number of esters is 1. The lowest BCUT2D eigenvalue weighted by molar-refractivity contribution is -0.384. The van der Waals surface area contributed by atoms with E-state index in [1.807, 2.05) is 0 Å². The van der Waals surface area contributed by atoms with Crippen molar-refractivity contribution in [2.24, 2.45) is 0 Å². The van der Waals surface area contributed by atoms with Gasteiger partial charge in [0.25, 0.3) is 11.6 Å². The van der Waals surface area contributed by atoms with E-state index in [0.29, 0.717) is 10.6 Å². The second-order valence-electron chi connectivity index (χ2n) is 5.95. The van der Waals surface area contributed by atoms with Gasteiger partial charge in [0.05, 0.1) is 4.92 Å². The minimum atomic E-state index is -1.06. The molecule has 9 heteroatoms. The largest absolute Gasteiger partial charge is 0.453 e. The van der Waals surface area contributed by atoms with E-state index in [0.717, 1.165) is 6.07 Å². The highest BCUT2D eigenvalue weighted by Crippen LogP contribution is 2.14. The van der Waals surface area contributed by atoms with Gasteiger partial charge in [-0.15, -0.1) is 0 Å². The van der Waals surface area contributed by atoms with Gasteiger partial charge in [0.2, 0.25) is 5.78 Å². The molecule has 0 fully saturated rings. The van der Waals surface area contributed by atoms with E-state index < -0.39 is 34.7 Å². The maximum Gasteiger partial charge on any atom is 0.329 e. The van der Waals surface area contributed by atoms with Crippen molar-refractivity contribution in [1.82, 2.24) is 5.32 Å². The molecule has 1 unspecified atom stereocenters. The zero-order valence-electron chi connectivity index (χ0n) is 15.0. The molecule has 2 aromatic rings. The minimum Gasteiger partial charge on any atom is -0.453 e. The molecule has 2 rings (SSSR count). The molecule has 8 nitrogen and oxygen atoms in total. The molecule has 0 saturated carbocycles.